The highest BCUT2D eigenvalue weighted by atomic mass is 28.5. The van der Waals surface area contributed by atoms with E-state index in [0.29, 0.717) is 12.5 Å². The fourth-order valence-electron chi connectivity index (χ4n) is 3.91. The number of ether oxygens (including phenoxy) is 2. The van der Waals surface area contributed by atoms with Gasteiger partial charge in [0.2, 0.25) is 0 Å². The Labute approximate surface area is 286 Å². The van der Waals surface area contributed by atoms with Crippen molar-refractivity contribution in [2.24, 2.45) is 0 Å². The summed E-state index contributed by atoms with van der Waals surface area (Å²) < 4.78 is 226. The molecule has 0 saturated carbocycles. The molecular formula is C23H39F17O7Si4. The smallest absolute Gasteiger partial charge is 0.437 e. The van der Waals surface area contributed by atoms with Crippen molar-refractivity contribution in [3.63, 3.8) is 0 Å². The fourth-order valence-corrected chi connectivity index (χ4v) is 22.7. The molecule has 0 aliphatic heterocycles. The lowest BCUT2D eigenvalue weighted by molar-refractivity contribution is -0.412. The molecule has 308 valence electrons. The van der Waals surface area contributed by atoms with Crippen LogP contribution in [0.25, 0.3) is 0 Å². The van der Waals surface area contributed by atoms with Crippen molar-refractivity contribution in [1.82, 2.24) is 0 Å². The largest absolute Gasteiger partial charge is 0.451 e. The van der Waals surface area contributed by atoms with Crippen molar-refractivity contribution in [3.05, 3.63) is 23.8 Å². The summed E-state index contributed by atoms with van der Waals surface area (Å²) in [5, 5.41) is 9.19. The van der Waals surface area contributed by atoms with Crippen LogP contribution in [-0.2, 0) is 26.8 Å². The molecule has 0 aromatic heterocycles. The van der Waals surface area contributed by atoms with E-state index in [1.165, 1.54) is 0 Å². The molecular weight excluding hydrogens is 824 g/mol. The van der Waals surface area contributed by atoms with Crippen LogP contribution in [0.4, 0.5) is 75.1 Å². The first-order valence-electron chi connectivity index (χ1n) is 14.0. The van der Waals surface area contributed by atoms with E-state index >= 15 is 0 Å². The molecule has 2 unspecified atom stereocenters. The van der Waals surface area contributed by atoms with Crippen molar-refractivity contribution < 1.29 is 107 Å². The van der Waals surface area contributed by atoms with Gasteiger partial charge in [0.25, 0.3) is 11.7 Å². The Morgan fingerprint density at radius 3 is 1.43 bits per heavy atom. The molecule has 0 rings (SSSR count). The molecule has 0 spiro atoms. The van der Waals surface area contributed by atoms with Crippen LogP contribution >= 0.6 is 0 Å². The molecule has 0 aromatic rings. The molecule has 51 heavy (non-hydrogen) atoms. The third kappa shape index (κ3) is 22.0. The Morgan fingerprint density at radius 2 is 1.08 bits per heavy atom. The van der Waals surface area contributed by atoms with Crippen LogP contribution in [0.3, 0.4) is 0 Å². The fraction of sp³-hybridized carbons (Fsp3) is 0.826. The topological polar surface area (TPSA) is 75.6 Å². The minimum atomic E-state index is -6.16. The van der Waals surface area contributed by atoms with E-state index in [1.54, 1.807) is 11.5 Å². The summed E-state index contributed by atoms with van der Waals surface area (Å²) in [5.74, 6) is -12.2. The highest BCUT2D eigenvalue weighted by Gasteiger charge is 2.64. The third-order valence-corrected chi connectivity index (χ3v) is 20.2. The molecule has 0 bridgehead atoms. The van der Waals surface area contributed by atoms with E-state index < -0.39 is 95.0 Å². The number of hydrogen-bond donors (Lipinski definition) is 1. The van der Waals surface area contributed by atoms with Crippen molar-refractivity contribution >= 4 is 33.8 Å². The first-order chi connectivity index (χ1) is 22.6. The summed E-state index contributed by atoms with van der Waals surface area (Å²) in [7, 11) is -10.3. The zero-order valence-electron chi connectivity index (χ0n) is 28.3. The van der Waals surface area contributed by atoms with Crippen molar-refractivity contribution in [2.75, 3.05) is 19.8 Å². The molecule has 0 heterocycles. The van der Waals surface area contributed by atoms with Gasteiger partial charge >= 0.3 is 53.5 Å². The lowest BCUT2D eigenvalue weighted by Crippen LogP contribution is -2.57. The van der Waals surface area contributed by atoms with E-state index in [-0.39, 0.29) is 19.1 Å². The molecule has 0 saturated heterocycles. The molecule has 0 radical (unpaired) electrons. The Hall–Kier alpha value is -1.12. The summed E-state index contributed by atoms with van der Waals surface area (Å²) in [6, 6.07) is 0.732. The zero-order chi connectivity index (χ0) is 41.5. The predicted octanol–water partition coefficient (Wildman–Crippen LogP) is 11.0. The standard InChI is InChI=1S/C20H39F9O6Si4.C3F6O.F2/c1-36(2,3)33-38(6,7)35-39(8,34-37(4,5)13-9-11-30)14-10-12-31-15-18(24,20(27,28)29)32-19(25,26)16(21)17(22)23;4-1(2(5)6)3(7,8)10-9;1-2/h30H,9-15H2,1-8H3;;. The molecule has 0 fully saturated rings. The Bertz CT molecular complexity index is 1090. The second kappa shape index (κ2) is 21.7. The SMILES string of the molecule is C[Si](C)(C)O[Si](C)(C)O[Si](C)(CCCOCC(F)(OC(F)(F)C(F)=C(F)F)C(F)(F)F)O[Si](C)(C)CCCO.FF.FOC(F)(F)C(F)=C(F)F. The van der Waals surface area contributed by atoms with Gasteiger partial charge < -0.3 is 22.2 Å². The zero-order valence-corrected chi connectivity index (χ0v) is 32.3. The molecule has 2 atom stereocenters. The maximum atomic E-state index is 14.4. The number of halogens is 17. The summed E-state index contributed by atoms with van der Waals surface area (Å²) in [4.78, 5) is 1.61. The van der Waals surface area contributed by atoms with E-state index in [2.05, 4.69) is 9.47 Å². The summed E-state index contributed by atoms with van der Waals surface area (Å²) >= 11 is 0. The molecule has 1 N–H and O–H groups in total. The van der Waals surface area contributed by atoms with Gasteiger partial charge in [-0.25, -0.2) is 0 Å². The summed E-state index contributed by atoms with van der Waals surface area (Å²) in [6.45, 7) is 12.3. The van der Waals surface area contributed by atoms with Crippen LogP contribution < -0.4 is 0 Å². The predicted molar refractivity (Wildman–Crippen MR) is 156 cm³/mol. The van der Waals surface area contributed by atoms with Crippen molar-refractivity contribution in [1.29, 1.82) is 0 Å². The maximum Gasteiger partial charge on any atom is 0.451 e. The van der Waals surface area contributed by atoms with Gasteiger partial charge in [0, 0.05) is 22.4 Å². The number of alkyl halides is 8. The van der Waals surface area contributed by atoms with Gasteiger partial charge in [0.1, 0.15) is 6.61 Å². The average Bonchev–Trinajstić information content (AvgIpc) is 2.93. The first kappa shape index (κ1) is 54.2. The van der Waals surface area contributed by atoms with Gasteiger partial charge in [-0.3, -0.25) is 4.74 Å². The molecule has 7 nitrogen and oxygen atoms in total. The first-order valence-corrected chi connectivity index (χ1v) is 25.8. The third-order valence-electron chi connectivity index (χ3n) is 5.30. The van der Waals surface area contributed by atoms with E-state index in [0.717, 1.165) is 0 Å². The van der Waals surface area contributed by atoms with Crippen LogP contribution in [-0.4, -0.2) is 82.9 Å². The Kier molecular flexibility index (Phi) is 23.1. The second-order valence-electron chi connectivity index (χ2n) is 12.3. The Morgan fingerprint density at radius 1 is 0.627 bits per heavy atom. The van der Waals surface area contributed by atoms with E-state index in [9.17, 15) is 71.1 Å². The van der Waals surface area contributed by atoms with Gasteiger partial charge in [-0.2, -0.15) is 61.5 Å². The van der Waals surface area contributed by atoms with Gasteiger partial charge in [0.05, 0.1) is 0 Å². The van der Waals surface area contributed by atoms with Gasteiger partial charge in [-0.1, -0.05) is 0 Å². The molecule has 28 heteroatoms. The monoisotopic (exact) mass is 862 g/mol. The van der Waals surface area contributed by atoms with Gasteiger partial charge in [0.15, 0.2) is 16.6 Å². The quantitative estimate of drug-likeness (QED) is 0.0742. The molecule has 0 aromatic carbocycles. The Balaban J connectivity index is -0.00000164. The molecule has 0 aliphatic carbocycles. The van der Waals surface area contributed by atoms with Crippen molar-refractivity contribution in [2.45, 2.75) is 102 Å². The number of rotatable bonds is 20. The molecule has 0 amide bonds. The normalized spacial score (nSPS) is 15.4. The minimum absolute atomic E-state index is 0.0469. The van der Waals surface area contributed by atoms with Crippen LogP contribution in [0.5, 0.6) is 0 Å². The number of aliphatic hydroxyl groups is 1. The van der Waals surface area contributed by atoms with Crippen LogP contribution in [0.15, 0.2) is 23.8 Å². The molecule has 0 aliphatic rings. The highest BCUT2D eigenvalue weighted by Crippen LogP contribution is 2.43. The highest BCUT2D eigenvalue weighted by molar-refractivity contribution is 6.89. The van der Waals surface area contributed by atoms with Crippen LogP contribution in [0.2, 0.25) is 64.5 Å². The average molecular weight is 863 g/mol. The summed E-state index contributed by atoms with van der Waals surface area (Å²) in [6.07, 6.45) is -23.8. The van der Waals surface area contributed by atoms with Crippen molar-refractivity contribution in [3.8, 4) is 0 Å². The van der Waals surface area contributed by atoms with Gasteiger partial charge in [-0.15, -0.1) is 4.94 Å². The van der Waals surface area contributed by atoms with E-state index in [4.69, 9.17) is 21.5 Å². The maximum absolute atomic E-state index is 14.4. The lowest BCUT2D eigenvalue weighted by atomic mass is 10.3. The number of aliphatic hydroxyl groups excluding tert-OH is 1. The van der Waals surface area contributed by atoms with E-state index in [1.807, 2.05) is 45.8 Å². The minimum Gasteiger partial charge on any atom is -0.437 e. The number of hydrogen-bond acceptors (Lipinski definition) is 7. The summed E-state index contributed by atoms with van der Waals surface area (Å²) in [5.41, 5.74) is 0. The lowest BCUT2D eigenvalue weighted by Gasteiger charge is -2.42. The second-order valence-corrected chi connectivity index (χ2v) is 28.5. The van der Waals surface area contributed by atoms with Crippen LogP contribution in [0, 0.1) is 0 Å². The van der Waals surface area contributed by atoms with Crippen LogP contribution in [0.1, 0.15) is 12.8 Å². The van der Waals surface area contributed by atoms with Gasteiger partial charge in [-0.05, 0) is 81.8 Å².